The van der Waals surface area contributed by atoms with Crippen LogP contribution in [0, 0.1) is 24.0 Å². The first-order valence-corrected chi connectivity index (χ1v) is 7.00. The number of hydrogen-bond donors (Lipinski definition) is 1. The topological polar surface area (TPSA) is 72.2 Å². The lowest BCUT2D eigenvalue weighted by atomic mass is 10.1. The molecule has 0 radical (unpaired) electrons. The molecule has 2 aromatic carbocycles. The summed E-state index contributed by atoms with van der Waals surface area (Å²) < 4.78 is 0.921. The molecule has 6 heteroatoms. The number of aryl methyl sites for hydroxylation is 2. The number of nitro groups is 1. The van der Waals surface area contributed by atoms with Crippen LogP contribution in [0.15, 0.2) is 40.9 Å². The molecule has 0 bridgehead atoms. The molecule has 0 spiro atoms. The van der Waals surface area contributed by atoms with Gasteiger partial charge >= 0.3 is 0 Å². The minimum atomic E-state index is -0.464. The predicted octanol–water partition coefficient (Wildman–Crippen LogP) is 4.23. The van der Waals surface area contributed by atoms with Gasteiger partial charge < -0.3 is 5.32 Å². The van der Waals surface area contributed by atoms with Crippen LogP contribution >= 0.6 is 15.9 Å². The van der Waals surface area contributed by atoms with E-state index >= 15 is 0 Å². The molecular weight excluding hydrogens is 336 g/mol. The minimum Gasteiger partial charge on any atom is -0.322 e. The van der Waals surface area contributed by atoms with Gasteiger partial charge in [0.05, 0.1) is 4.92 Å². The van der Waals surface area contributed by atoms with E-state index in [9.17, 15) is 14.9 Å². The van der Waals surface area contributed by atoms with E-state index in [2.05, 4.69) is 21.2 Å². The molecule has 5 nitrogen and oxygen atoms in total. The van der Waals surface area contributed by atoms with Gasteiger partial charge in [-0.3, -0.25) is 14.9 Å². The number of rotatable bonds is 3. The van der Waals surface area contributed by atoms with Gasteiger partial charge in [-0.25, -0.2) is 0 Å². The summed E-state index contributed by atoms with van der Waals surface area (Å²) in [6.45, 7) is 3.54. The molecule has 1 amide bonds. The molecule has 0 fully saturated rings. The van der Waals surface area contributed by atoms with E-state index in [1.807, 2.05) is 6.92 Å². The van der Waals surface area contributed by atoms with Gasteiger partial charge in [0, 0.05) is 27.4 Å². The molecule has 0 aromatic heterocycles. The lowest BCUT2D eigenvalue weighted by Gasteiger charge is -2.07. The molecule has 108 valence electrons. The van der Waals surface area contributed by atoms with Crippen molar-refractivity contribution in [1.82, 2.24) is 0 Å². The molecule has 2 rings (SSSR count). The van der Waals surface area contributed by atoms with Crippen LogP contribution in [0.2, 0.25) is 0 Å². The number of benzene rings is 2. The van der Waals surface area contributed by atoms with E-state index in [0.29, 0.717) is 16.8 Å². The standard InChI is InChI=1S/C15H13BrN2O3/c1-9-3-5-12(8-14(9)18(20)21)17-15(19)11-4-6-13(16)10(2)7-11/h3-8H,1-2H3,(H,17,19). The Morgan fingerprint density at radius 1 is 1.14 bits per heavy atom. The molecule has 0 atom stereocenters. The second-order valence-electron chi connectivity index (χ2n) is 4.68. The SMILES string of the molecule is Cc1cc(C(=O)Nc2ccc(C)c([N+](=O)[O-])c2)ccc1Br. The van der Waals surface area contributed by atoms with Crippen LogP contribution in [0.4, 0.5) is 11.4 Å². The summed E-state index contributed by atoms with van der Waals surface area (Å²) in [4.78, 5) is 22.6. The number of hydrogen-bond acceptors (Lipinski definition) is 3. The zero-order valence-electron chi connectivity index (χ0n) is 11.5. The van der Waals surface area contributed by atoms with Crippen molar-refractivity contribution in [3.8, 4) is 0 Å². The van der Waals surface area contributed by atoms with Crippen molar-refractivity contribution in [2.45, 2.75) is 13.8 Å². The van der Waals surface area contributed by atoms with Gasteiger partial charge in [-0.15, -0.1) is 0 Å². The number of carbonyl (C=O) groups is 1. The van der Waals surface area contributed by atoms with E-state index in [-0.39, 0.29) is 11.6 Å². The summed E-state index contributed by atoms with van der Waals surface area (Å²) in [5.41, 5.74) is 2.38. The smallest absolute Gasteiger partial charge is 0.274 e. The Morgan fingerprint density at radius 3 is 2.48 bits per heavy atom. The van der Waals surface area contributed by atoms with Crippen LogP contribution in [-0.4, -0.2) is 10.8 Å². The third-order valence-electron chi connectivity index (χ3n) is 3.08. The third kappa shape index (κ3) is 3.46. The van der Waals surface area contributed by atoms with Crippen molar-refractivity contribution in [2.24, 2.45) is 0 Å². The quantitative estimate of drug-likeness (QED) is 0.666. The zero-order chi connectivity index (χ0) is 15.6. The molecule has 0 saturated carbocycles. The summed E-state index contributed by atoms with van der Waals surface area (Å²) in [7, 11) is 0. The molecule has 1 N–H and O–H groups in total. The summed E-state index contributed by atoms with van der Waals surface area (Å²) in [6, 6.07) is 9.85. The monoisotopic (exact) mass is 348 g/mol. The highest BCUT2D eigenvalue weighted by atomic mass is 79.9. The number of halogens is 1. The van der Waals surface area contributed by atoms with Gasteiger partial charge in [0.25, 0.3) is 11.6 Å². The second-order valence-corrected chi connectivity index (χ2v) is 5.53. The number of anilines is 1. The second kappa shape index (κ2) is 6.05. The maximum atomic E-state index is 12.1. The fraction of sp³-hybridized carbons (Fsp3) is 0.133. The largest absolute Gasteiger partial charge is 0.322 e. The van der Waals surface area contributed by atoms with Crippen molar-refractivity contribution in [3.05, 3.63) is 67.7 Å². The first-order chi connectivity index (χ1) is 9.88. The number of nitrogens with one attached hydrogen (secondary N) is 1. The third-order valence-corrected chi connectivity index (χ3v) is 3.97. The van der Waals surface area contributed by atoms with Gasteiger partial charge in [0.15, 0.2) is 0 Å². The molecule has 0 unspecified atom stereocenters. The fourth-order valence-corrected chi connectivity index (χ4v) is 2.12. The highest BCUT2D eigenvalue weighted by molar-refractivity contribution is 9.10. The van der Waals surface area contributed by atoms with Gasteiger partial charge in [-0.05, 0) is 43.7 Å². The van der Waals surface area contributed by atoms with E-state index in [1.165, 1.54) is 6.07 Å². The first kappa shape index (κ1) is 15.2. The van der Waals surface area contributed by atoms with Crippen LogP contribution in [0.5, 0.6) is 0 Å². The van der Waals surface area contributed by atoms with Crippen LogP contribution in [0.1, 0.15) is 21.5 Å². The maximum absolute atomic E-state index is 12.1. The lowest BCUT2D eigenvalue weighted by molar-refractivity contribution is -0.385. The highest BCUT2D eigenvalue weighted by Gasteiger charge is 2.13. The molecule has 0 heterocycles. The van der Waals surface area contributed by atoms with Crippen molar-refractivity contribution < 1.29 is 9.72 Å². The van der Waals surface area contributed by atoms with Crippen LogP contribution in [0.25, 0.3) is 0 Å². The number of nitrogens with zero attached hydrogens (tertiary/aromatic N) is 1. The summed E-state index contributed by atoms with van der Waals surface area (Å²) in [6.07, 6.45) is 0. The normalized spacial score (nSPS) is 10.2. The summed E-state index contributed by atoms with van der Waals surface area (Å²) in [5, 5.41) is 13.6. The molecule has 21 heavy (non-hydrogen) atoms. The summed E-state index contributed by atoms with van der Waals surface area (Å²) >= 11 is 3.37. The Morgan fingerprint density at radius 2 is 1.86 bits per heavy atom. The highest BCUT2D eigenvalue weighted by Crippen LogP contribution is 2.23. The van der Waals surface area contributed by atoms with Crippen molar-refractivity contribution in [2.75, 3.05) is 5.32 Å². The van der Waals surface area contributed by atoms with Crippen molar-refractivity contribution >= 4 is 33.2 Å². The summed E-state index contributed by atoms with van der Waals surface area (Å²) in [5.74, 6) is -0.302. The van der Waals surface area contributed by atoms with Crippen LogP contribution in [-0.2, 0) is 0 Å². The minimum absolute atomic E-state index is 0.0141. The van der Waals surface area contributed by atoms with Gasteiger partial charge in [0.2, 0.25) is 0 Å². The Balaban J connectivity index is 2.25. The zero-order valence-corrected chi connectivity index (χ0v) is 13.1. The van der Waals surface area contributed by atoms with Crippen molar-refractivity contribution in [3.63, 3.8) is 0 Å². The lowest BCUT2D eigenvalue weighted by Crippen LogP contribution is -2.12. The molecule has 0 aliphatic carbocycles. The van der Waals surface area contributed by atoms with Crippen molar-refractivity contribution in [1.29, 1.82) is 0 Å². The fourth-order valence-electron chi connectivity index (χ4n) is 1.87. The van der Waals surface area contributed by atoms with E-state index in [0.717, 1.165) is 10.0 Å². The molecule has 2 aromatic rings. The molecule has 0 aliphatic rings. The Bertz CT molecular complexity index is 729. The van der Waals surface area contributed by atoms with Crippen LogP contribution in [0.3, 0.4) is 0 Å². The van der Waals surface area contributed by atoms with E-state index in [1.54, 1.807) is 37.3 Å². The number of amides is 1. The average Bonchev–Trinajstić information content (AvgIpc) is 2.43. The molecular formula is C15H13BrN2O3. The predicted molar refractivity (Wildman–Crippen MR) is 84.7 cm³/mol. The molecule has 0 aliphatic heterocycles. The Kier molecular flexibility index (Phi) is 4.37. The maximum Gasteiger partial charge on any atom is 0.274 e. The average molecular weight is 349 g/mol. The van der Waals surface area contributed by atoms with Gasteiger partial charge in [0.1, 0.15) is 0 Å². The van der Waals surface area contributed by atoms with Gasteiger partial charge in [-0.2, -0.15) is 0 Å². The Hall–Kier alpha value is -2.21. The number of nitro benzene ring substituents is 1. The van der Waals surface area contributed by atoms with E-state index < -0.39 is 4.92 Å². The van der Waals surface area contributed by atoms with E-state index in [4.69, 9.17) is 0 Å². The number of carbonyl (C=O) groups excluding carboxylic acids is 1. The molecule has 0 saturated heterocycles. The van der Waals surface area contributed by atoms with Gasteiger partial charge in [-0.1, -0.05) is 22.0 Å². The Labute approximate surface area is 130 Å². The first-order valence-electron chi connectivity index (χ1n) is 6.21. The van der Waals surface area contributed by atoms with Crippen LogP contribution < -0.4 is 5.32 Å².